The highest BCUT2D eigenvalue weighted by Crippen LogP contribution is 2.51. The van der Waals surface area contributed by atoms with Gasteiger partial charge in [0.1, 0.15) is 11.2 Å². The molecule has 0 radical (unpaired) electrons. The van der Waals surface area contributed by atoms with E-state index in [1.165, 1.54) is 0 Å². The van der Waals surface area contributed by atoms with E-state index in [1.807, 2.05) is 0 Å². The molecule has 13 heavy (non-hydrogen) atoms. The van der Waals surface area contributed by atoms with Crippen LogP contribution in [-0.4, -0.2) is 43.8 Å². The second-order valence-electron chi connectivity index (χ2n) is 4.33. The smallest absolute Gasteiger partial charge is 0.124 e. The molecule has 0 aromatic heterocycles. The van der Waals surface area contributed by atoms with E-state index in [0.29, 0.717) is 12.8 Å². The summed E-state index contributed by atoms with van der Waals surface area (Å²) in [4.78, 5) is 0. The molecule has 0 aromatic carbocycles. The minimum absolute atomic E-state index is 0.181. The van der Waals surface area contributed by atoms with Crippen LogP contribution in [0, 0.1) is 0 Å². The Kier molecular flexibility index (Phi) is 1.93. The van der Waals surface area contributed by atoms with E-state index in [4.69, 9.17) is 0 Å². The molecule has 0 bridgehead atoms. The van der Waals surface area contributed by atoms with E-state index in [-0.39, 0.29) is 6.42 Å². The Bertz CT molecular complexity index is 220. The Morgan fingerprint density at radius 2 is 1.54 bits per heavy atom. The lowest BCUT2D eigenvalue weighted by Crippen LogP contribution is -2.57. The molecule has 4 atom stereocenters. The van der Waals surface area contributed by atoms with E-state index in [9.17, 15) is 20.4 Å². The lowest BCUT2D eigenvalue weighted by Gasteiger charge is -2.40. The van der Waals surface area contributed by atoms with Crippen LogP contribution < -0.4 is 0 Å². The van der Waals surface area contributed by atoms with Crippen LogP contribution in [0.5, 0.6) is 0 Å². The van der Waals surface area contributed by atoms with Gasteiger partial charge in [-0.25, -0.2) is 0 Å². The van der Waals surface area contributed by atoms with Crippen LogP contribution in [0.15, 0.2) is 0 Å². The first-order chi connectivity index (χ1) is 6.01. The molecular formula is C9H16O4. The third-order valence-corrected chi connectivity index (χ3v) is 3.48. The van der Waals surface area contributed by atoms with Crippen molar-refractivity contribution < 1.29 is 20.4 Å². The zero-order valence-corrected chi connectivity index (χ0v) is 7.48. The van der Waals surface area contributed by atoms with Crippen molar-refractivity contribution in [2.45, 2.75) is 55.5 Å². The maximum Gasteiger partial charge on any atom is 0.124 e. The summed E-state index contributed by atoms with van der Waals surface area (Å²) in [6, 6.07) is 0. The maximum absolute atomic E-state index is 10.0. The first-order valence-electron chi connectivity index (χ1n) is 4.81. The fraction of sp³-hybridized carbons (Fsp3) is 1.00. The topological polar surface area (TPSA) is 80.9 Å². The Morgan fingerprint density at radius 3 is 2.00 bits per heavy atom. The Balaban J connectivity index is 2.18. The van der Waals surface area contributed by atoms with Gasteiger partial charge in [0.05, 0.1) is 12.2 Å². The first kappa shape index (κ1) is 9.40. The molecule has 2 saturated carbocycles. The van der Waals surface area contributed by atoms with Gasteiger partial charge in [-0.2, -0.15) is 0 Å². The van der Waals surface area contributed by atoms with Crippen LogP contribution in [0.1, 0.15) is 32.1 Å². The first-order valence-corrected chi connectivity index (χ1v) is 4.81. The zero-order chi connectivity index (χ0) is 9.69. The Labute approximate surface area is 76.8 Å². The third kappa shape index (κ3) is 1.13. The van der Waals surface area contributed by atoms with Crippen LogP contribution in [0.4, 0.5) is 0 Å². The number of hydrogen-bond acceptors (Lipinski definition) is 4. The molecule has 4 heteroatoms. The molecule has 4 nitrogen and oxygen atoms in total. The summed E-state index contributed by atoms with van der Waals surface area (Å²) in [5.74, 6) is 0. The van der Waals surface area contributed by atoms with E-state index in [2.05, 4.69) is 0 Å². The highest BCUT2D eigenvalue weighted by atomic mass is 16.4. The van der Waals surface area contributed by atoms with Crippen molar-refractivity contribution in [3.8, 4) is 0 Å². The fourth-order valence-electron chi connectivity index (χ4n) is 2.34. The van der Waals surface area contributed by atoms with Crippen LogP contribution in [0.25, 0.3) is 0 Å². The molecule has 0 aromatic rings. The van der Waals surface area contributed by atoms with E-state index < -0.39 is 23.4 Å². The molecule has 0 spiro atoms. The Hall–Kier alpha value is -0.160. The van der Waals surface area contributed by atoms with Crippen molar-refractivity contribution in [1.29, 1.82) is 0 Å². The summed E-state index contributed by atoms with van der Waals surface area (Å²) in [6.07, 6.45) is 0.958. The van der Waals surface area contributed by atoms with Crippen molar-refractivity contribution in [1.82, 2.24) is 0 Å². The van der Waals surface area contributed by atoms with Crippen molar-refractivity contribution in [3.05, 3.63) is 0 Å². The second kappa shape index (κ2) is 2.67. The summed E-state index contributed by atoms with van der Waals surface area (Å²) in [5.41, 5.74) is -2.93. The normalized spacial score (nSPS) is 56.3. The highest BCUT2D eigenvalue weighted by Gasteiger charge is 2.68. The summed E-state index contributed by atoms with van der Waals surface area (Å²) >= 11 is 0. The van der Waals surface area contributed by atoms with Crippen LogP contribution in [0.3, 0.4) is 0 Å². The van der Waals surface area contributed by atoms with Crippen LogP contribution in [-0.2, 0) is 0 Å². The monoisotopic (exact) mass is 188 g/mol. The average Bonchev–Trinajstić information content (AvgIpc) is 2.68. The second-order valence-corrected chi connectivity index (χ2v) is 4.33. The van der Waals surface area contributed by atoms with Gasteiger partial charge < -0.3 is 20.4 Å². The molecule has 2 aliphatic rings. The molecule has 4 N–H and O–H groups in total. The standard InChI is InChI=1S/C9H16O4/c10-6-3-1-2-4-8(6,12)9(13)5-7(9)11/h6-7,10-13H,1-5H2. The molecule has 0 aliphatic heterocycles. The lowest BCUT2D eigenvalue weighted by molar-refractivity contribution is -0.186. The Morgan fingerprint density at radius 1 is 0.923 bits per heavy atom. The largest absolute Gasteiger partial charge is 0.390 e. The molecule has 2 fully saturated rings. The van der Waals surface area contributed by atoms with Gasteiger partial charge in [0.2, 0.25) is 0 Å². The summed E-state index contributed by atoms with van der Waals surface area (Å²) < 4.78 is 0. The van der Waals surface area contributed by atoms with E-state index in [1.54, 1.807) is 0 Å². The van der Waals surface area contributed by atoms with Gasteiger partial charge in [0.15, 0.2) is 0 Å². The summed E-state index contributed by atoms with van der Waals surface area (Å²) in [5, 5.41) is 38.6. The molecule has 0 amide bonds. The molecule has 2 rings (SSSR count). The maximum atomic E-state index is 10.0. The SMILES string of the molecule is OC1CCCCC1(O)C1(O)CC1O. The number of aliphatic hydroxyl groups is 4. The third-order valence-electron chi connectivity index (χ3n) is 3.48. The van der Waals surface area contributed by atoms with E-state index >= 15 is 0 Å². The molecular weight excluding hydrogens is 172 g/mol. The quantitative estimate of drug-likeness (QED) is 0.432. The van der Waals surface area contributed by atoms with Gasteiger partial charge in [-0.3, -0.25) is 0 Å². The molecule has 0 saturated heterocycles. The average molecular weight is 188 g/mol. The predicted molar refractivity (Wildman–Crippen MR) is 45.0 cm³/mol. The molecule has 0 heterocycles. The van der Waals surface area contributed by atoms with Gasteiger partial charge in [0.25, 0.3) is 0 Å². The number of hydrogen-bond donors (Lipinski definition) is 4. The fourth-order valence-corrected chi connectivity index (χ4v) is 2.34. The summed E-state index contributed by atoms with van der Waals surface area (Å²) in [7, 11) is 0. The van der Waals surface area contributed by atoms with Gasteiger partial charge in [0, 0.05) is 6.42 Å². The zero-order valence-electron chi connectivity index (χ0n) is 7.48. The van der Waals surface area contributed by atoms with Crippen molar-refractivity contribution in [2.24, 2.45) is 0 Å². The molecule has 2 aliphatic carbocycles. The van der Waals surface area contributed by atoms with Gasteiger partial charge in [-0.15, -0.1) is 0 Å². The minimum atomic E-state index is -1.48. The minimum Gasteiger partial charge on any atom is -0.390 e. The van der Waals surface area contributed by atoms with Crippen LogP contribution in [0.2, 0.25) is 0 Å². The highest BCUT2D eigenvalue weighted by molar-refractivity contribution is 5.19. The van der Waals surface area contributed by atoms with Crippen molar-refractivity contribution in [3.63, 3.8) is 0 Å². The van der Waals surface area contributed by atoms with Gasteiger partial charge >= 0.3 is 0 Å². The number of aliphatic hydroxyl groups excluding tert-OH is 2. The summed E-state index contributed by atoms with van der Waals surface area (Å²) in [6.45, 7) is 0. The predicted octanol–water partition coefficient (Wildman–Crippen LogP) is -0.852. The van der Waals surface area contributed by atoms with Gasteiger partial charge in [-0.1, -0.05) is 12.8 Å². The van der Waals surface area contributed by atoms with Crippen LogP contribution >= 0.6 is 0 Å². The van der Waals surface area contributed by atoms with Crippen molar-refractivity contribution >= 4 is 0 Å². The molecule has 76 valence electrons. The van der Waals surface area contributed by atoms with E-state index in [0.717, 1.165) is 12.8 Å². The lowest BCUT2D eigenvalue weighted by atomic mass is 9.76. The van der Waals surface area contributed by atoms with Gasteiger partial charge in [-0.05, 0) is 12.8 Å². The number of rotatable bonds is 1. The molecule has 4 unspecified atom stereocenters. The van der Waals surface area contributed by atoms with Crippen molar-refractivity contribution in [2.75, 3.05) is 0 Å².